The minimum absolute atomic E-state index is 0.0473. The van der Waals surface area contributed by atoms with Crippen molar-refractivity contribution in [3.05, 3.63) is 53.1 Å². The van der Waals surface area contributed by atoms with E-state index in [4.69, 9.17) is 26.8 Å². The Bertz CT molecular complexity index is 691. The van der Waals surface area contributed by atoms with Crippen molar-refractivity contribution in [1.82, 2.24) is 0 Å². The molecule has 23 heavy (non-hydrogen) atoms. The molecule has 0 aliphatic carbocycles. The second kappa shape index (κ2) is 7.74. The van der Waals surface area contributed by atoms with Gasteiger partial charge >= 0.3 is 0 Å². The van der Waals surface area contributed by atoms with Gasteiger partial charge in [-0.3, -0.25) is 4.79 Å². The molecule has 0 saturated carbocycles. The highest BCUT2D eigenvalue weighted by Crippen LogP contribution is 2.32. The van der Waals surface area contributed by atoms with Gasteiger partial charge in [-0.1, -0.05) is 23.7 Å². The average Bonchev–Trinajstić information content (AvgIpc) is 2.53. The molecular weight excluding hydrogens is 316 g/mol. The van der Waals surface area contributed by atoms with Crippen molar-refractivity contribution in [2.45, 2.75) is 13.0 Å². The Morgan fingerprint density at radius 1 is 1.26 bits per heavy atom. The number of primary amides is 1. The van der Waals surface area contributed by atoms with E-state index >= 15 is 0 Å². The molecule has 0 unspecified atom stereocenters. The van der Waals surface area contributed by atoms with Crippen LogP contribution in [-0.2, 0) is 4.79 Å². The lowest BCUT2D eigenvalue weighted by Gasteiger charge is -2.18. The van der Waals surface area contributed by atoms with Crippen LogP contribution in [0, 0.1) is 0 Å². The molecular formula is C17H19ClN2O3. The molecule has 3 N–H and O–H groups in total. The minimum atomic E-state index is -0.544. The average molecular weight is 335 g/mol. The van der Waals surface area contributed by atoms with Crippen LogP contribution < -0.4 is 20.5 Å². The number of carbonyl (C=O) groups excluding carboxylic acids is 1. The zero-order valence-electron chi connectivity index (χ0n) is 13.0. The first-order chi connectivity index (χ1) is 11.0. The van der Waals surface area contributed by atoms with Gasteiger partial charge in [0.1, 0.15) is 0 Å². The third kappa shape index (κ3) is 4.79. The number of amides is 1. The predicted octanol–water partition coefficient (Wildman–Crippen LogP) is 3.39. The molecule has 0 aliphatic heterocycles. The zero-order valence-corrected chi connectivity index (χ0v) is 13.8. The van der Waals surface area contributed by atoms with Crippen molar-refractivity contribution in [2.75, 3.05) is 19.0 Å². The van der Waals surface area contributed by atoms with Gasteiger partial charge in [0.15, 0.2) is 18.1 Å². The fourth-order valence-electron chi connectivity index (χ4n) is 2.14. The van der Waals surface area contributed by atoms with Crippen LogP contribution in [0.25, 0.3) is 0 Å². The van der Waals surface area contributed by atoms with E-state index in [1.54, 1.807) is 12.1 Å². The highest BCUT2D eigenvalue weighted by Gasteiger charge is 2.10. The summed E-state index contributed by atoms with van der Waals surface area (Å²) in [5.74, 6) is 0.444. The number of anilines is 1. The number of rotatable bonds is 7. The number of nitrogens with two attached hydrogens (primary N) is 1. The minimum Gasteiger partial charge on any atom is -0.493 e. The molecule has 5 nitrogen and oxygen atoms in total. The quantitative estimate of drug-likeness (QED) is 0.814. The summed E-state index contributed by atoms with van der Waals surface area (Å²) < 4.78 is 10.6. The van der Waals surface area contributed by atoms with Gasteiger partial charge in [-0.15, -0.1) is 0 Å². The van der Waals surface area contributed by atoms with E-state index in [1.165, 1.54) is 7.11 Å². The molecule has 0 spiro atoms. The highest BCUT2D eigenvalue weighted by molar-refractivity contribution is 6.30. The van der Waals surface area contributed by atoms with Crippen molar-refractivity contribution in [3.8, 4) is 11.5 Å². The lowest BCUT2D eigenvalue weighted by molar-refractivity contribution is -0.119. The fraction of sp³-hybridized carbons (Fsp3) is 0.235. The molecule has 0 aliphatic rings. The van der Waals surface area contributed by atoms with E-state index in [2.05, 4.69) is 5.32 Å². The van der Waals surface area contributed by atoms with E-state index in [0.717, 1.165) is 11.3 Å². The molecule has 0 radical (unpaired) electrons. The summed E-state index contributed by atoms with van der Waals surface area (Å²) in [6.45, 7) is 1.82. The number of methoxy groups -OCH3 is 1. The van der Waals surface area contributed by atoms with Crippen LogP contribution in [0.4, 0.5) is 5.69 Å². The third-order valence-electron chi connectivity index (χ3n) is 3.27. The molecule has 0 heterocycles. The predicted molar refractivity (Wildman–Crippen MR) is 91.2 cm³/mol. The molecule has 6 heteroatoms. The van der Waals surface area contributed by atoms with Gasteiger partial charge in [-0.05, 0) is 36.8 Å². The SMILES string of the molecule is COc1ccc(N[C@H](C)c2cccc(Cl)c2)cc1OCC(N)=O. The molecule has 1 amide bonds. The molecule has 0 bridgehead atoms. The van der Waals surface area contributed by atoms with Crippen molar-refractivity contribution in [2.24, 2.45) is 5.73 Å². The van der Waals surface area contributed by atoms with Gasteiger partial charge in [0.2, 0.25) is 0 Å². The topological polar surface area (TPSA) is 73.6 Å². The van der Waals surface area contributed by atoms with Crippen LogP contribution in [0.3, 0.4) is 0 Å². The van der Waals surface area contributed by atoms with Crippen molar-refractivity contribution < 1.29 is 14.3 Å². The Labute approximate surface area is 140 Å². The van der Waals surface area contributed by atoms with Crippen LogP contribution in [-0.4, -0.2) is 19.6 Å². The van der Waals surface area contributed by atoms with Gasteiger partial charge in [-0.25, -0.2) is 0 Å². The number of halogens is 1. The first kappa shape index (κ1) is 17.0. The Hall–Kier alpha value is -2.40. The van der Waals surface area contributed by atoms with Gasteiger partial charge in [0, 0.05) is 22.8 Å². The van der Waals surface area contributed by atoms with Crippen molar-refractivity contribution in [3.63, 3.8) is 0 Å². The molecule has 122 valence electrons. The summed E-state index contributed by atoms with van der Waals surface area (Å²) in [5.41, 5.74) is 7.00. The van der Waals surface area contributed by atoms with Gasteiger partial charge in [0.25, 0.3) is 5.91 Å². The third-order valence-corrected chi connectivity index (χ3v) is 3.50. The second-order valence-corrected chi connectivity index (χ2v) is 5.48. The fourth-order valence-corrected chi connectivity index (χ4v) is 2.34. The second-order valence-electron chi connectivity index (χ2n) is 5.04. The van der Waals surface area contributed by atoms with Crippen LogP contribution >= 0.6 is 11.6 Å². The Morgan fingerprint density at radius 3 is 2.70 bits per heavy atom. The number of carbonyl (C=O) groups is 1. The monoisotopic (exact) mass is 334 g/mol. The molecule has 2 aromatic rings. The summed E-state index contributed by atoms with van der Waals surface area (Å²) in [7, 11) is 1.54. The smallest absolute Gasteiger partial charge is 0.255 e. The van der Waals surface area contributed by atoms with Crippen LogP contribution in [0.15, 0.2) is 42.5 Å². The Kier molecular flexibility index (Phi) is 5.71. The molecule has 1 atom stereocenters. The Morgan fingerprint density at radius 2 is 2.04 bits per heavy atom. The van der Waals surface area contributed by atoms with E-state index in [-0.39, 0.29) is 12.6 Å². The summed E-state index contributed by atoms with van der Waals surface area (Å²) >= 11 is 6.02. The number of benzene rings is 2. The largest absolute Gasteiger partial charge is 0.493 e. The Balaban J connectivity index is 2.16. The first-order valence-electron chi connectivity index (χ1n) is 7.10. The van der Waals surface area contributed by atoms with Crippen LogP contribution in [0.5, 0.6) is 11.5 Å². The van der Waals surface area contributed by atoms with E-state index in [1.807, 2.05) is 37.3 Å². The van der Waals surface area contributed by atoms with E-state index in [9.17, 15) is 4.79 Å². The molecule has 0 aromatic heterocycles. The normalized spacial score (nSPS) is 11.6. The maximum Gasteiger partial charge on any atom is 0.255 e. The molecule has 2 rings (SSSR count). The lowest BCUT2D eigenvalue weighted by Crippen LogP contribution is -2.20. The van der Waals surface area contributed by atoms with Gasteiger partial charge in [-0.2, -0.15) is 0 Å². The van der Waals surface area contributed by atoms with Crippen molar-refractivity contribution >= 4 is 23.2 Å². The summed E-state index contributed by atoms with van der Waals surface area (Å²) in [6.07, 6.45) is 0. The van der Waals surface area contributed by atoms with Crippen LogP contribution in [0.1, 0.15) is 18.5 Å². The maximum atomic E-state index is 10.9. The number of hydrogen-bond donors (Lipinski definition) is 2. The molecule has 0 saturated heterocycles. The standard InChI is InChI=1S/C17H19ClN2O3/c1-11(12-4-3-5-13(18)8-12)20-14-6-7-15(22-2)16(9-14)23-10-17(19)21/h3-9,11,20H,10H2,1-2H3,(H2,19,21)/t11-/m1/s1. The van der Waals surface area contributed by atoms with Gasteiger partial charge < -0.3 is 20.5 Å². The number of hydrogen-bond acceptors (Lipinski definition) is 4. The highest BCUT2D eigenvalue weighted by atomic mass is 35.5. The van der Waals surface area contributed by atoms with Crippen molar-refractivity contribution in [1.29, 1.82) is 0 Å². The van der Waals surface area contributed by atoms with E-state index < -0.39 is 5.91 Å². The molecule has 2 aromatic carbocycles. The van der Waals surface area contributed by atoms with Gasteiger partial charge in [0.05, 0.1) is 7.11 Å². The number of nitrogens with one attached hydrogen (secondary N) is 1. The van der Waals surface area contributed by atoms with E-state index in [0.29, 0.717) is 16.5 Å². The zero-order chi connectivity index (χ0) is 16.8. The first-order valence-corrected chi connectivity index (χ1v) is 7.48. The summed E-state index contributed by atoms with van der Waals surface area (Å²) in [5, 5.41) is 4.05. The molecule has 0 fully saturated rings. The van der Waals surface area contributed by atoms with Crippen LogP contribution in [0.2, 0.25) is 5.02 Å². The number of ether oxygens (including phenoxy) is 2. The summed E-state index contributed by atoms with van der Waals surface area (Å²) in [4.78, 5) is 10.9. The lowest BCUT2D eigenvalue weighted by atomic mass is 10.1. The maximum absolute atomic E-state index is 10.9. The summed E-state index contributed by atoms with van der Waals surface area (Å²) in [6, 6.07) is 13.1.